The summed E-state index contributed by atoms with van der Waals surface area (Å²) in [6.45, 7) is 1.31. The fraction of sp³-hybridized carbons (Fsp3) is 0.333. The Morgan fingerprint density at radius 2 is 1.76 bits per heavy atom. The summed E-state index contributed by atoms with van der Waals surface area (Å²) < 4.78 is 35.0. The first-order valence-corrected chi connectivity index (χ1v) is 19.2. The van der Waals surface area contributed by atoms with E-state index in [1.165, 1.54) is 30.0 Å². The largest absolute Gasteiger partial charge is 0.444 e. The molecule has 14 nitrogen and oxygen atoms in total. The molecule has 1 aliphatic carbocycles. The predicted molar refractivity (Wildman–Crippen MR) is 205 cm³/mol. The number of fused-ring (bicyclic) bond motifs is 1. The molecule has 3 aromatic heterocycles. The Kier molecular flexibility index (Phi) is 10.7. The van der Waals surface area contributed by atoms with Gasteiger partial charge in [-0.3, -0.25) is 39.2 Å². The Labute approximate surface area is 331 Å². The summed E-state index contributed by atoms with van der Waals surface area (Å²) in [6, 6.07) is 15.0. The summed E-state index contributed by atoms with van der Waals surface area (Å²) >= 11 is 0. The first-order chi connectivity index (χ1) is 28.0. The molecule has 16 heteroatoms. The van der Waals surface area contributed by atoms with Gasteiger partial charge in [0, 0.05) is 30.4 Å². The summed E-state index contributed by atoms with van der Waals surface area (Å²) in [5, 5.41) is 8.78. The minimum atomic E-state index is -2.95. The lowest BCUT2D eigenvalue weighted by atomic mass is 10.0. The van der Waals surface area contributed by atoms with Crippen molar-refractivity contribution in [3.8, 4) is 17.1 Å². The highest BCUT2D eigenvalue weighted by Crippen LogP contribution is 2.34. The van der Waals surface area contributed by atoms with Crippen molar-refractivity contribution in [1.82, 2.24) is 34.9 Å². The molecule has 2 fully saturated rings. The smallest absolute Gasteiger partial charge is 0.284 e. The van der Waals surface area contributed by atoms with Crippen molar-refractivity contribution in [2.75, 3.05) is 18.9 Å². The number of carbonyl (C=O) groups is 5. The molecule has 58 heavy (non-hydrogen) atoms. The van der Waals surface area contributed by atoms with E-state index in [1.807, 2.05) is 31.3 Å². The third kappa shape index (κ3) is 8.32. The Bertz CT molecular complexity index is 2410. The molecule has 0 spiro atoms. The van der Waals surface area contributed by atoms with Crippen LogP contribution in [-0.4, -0.2) is 78.7 Å². The topological polar surface area (TPSA) is 173 Å². The zero-order valence-electron chi connectivity index (χ0n) is 31.6. The molecule has 2 aliphatic heterocycles. The Hall–Kier alpha value is -6.42. The van der Waals surface area contributed by atoms with Gasteiger partial charge in [-0.25, -0.2) is 18.4 Å². The van der Waals surface area contributed by atoms with E-state index in [0.29, 0.717) is 30.8 Å². The number of nitrogens with one attached hydrogen (secondary N) is 2. The quantitative estimate of drug-likeness (QED) is 0.121. The zero-order chi connectivity index (χ0) is 40.5. The number of aromatic nitrogens is 4. The van der Waals surface area contributed by atoms with Crippen molar-refractivity contribution >= 4 is 35.2 Å². The number of oxazole rings is 1. The van der Waals surface area contributed by atoms with Crippen molar-refractivity contribution in [3.63, 3.8) is 0 Å². The lowest BCUT2D eigenvalue weighted by Gasteiger charge is -2.27. The summed E-state index contributed by atoms with van der Waals surface area (Å²) in [5.74, 6) is -1.86. The van der Waals surface area contributed by atoms with Gasteiger partial charge in [-0.15, -0.1) is 0 Å². The first-order valence-electron chi connectivity index (χ1n) is 19.2. The number of alkyl halides is 2. The lowest BCUT2D eigenvalue weighted by molar-refractivity contribution is -0.136. The number of carbonyl (C=O) groups excluding carboxylic acids is 5. The maximum absolute atomic E-state index is 14.1. The molecule has 3 aliphatic rings. The average Bonchev–Trinajstić information content (AvgIpc) is 3.62. The van der Waals surface area contributed by atoms with Crippen LogP contribution in [-0.2, 0) is 29.0 Å². The average molecular weight is 791 g/mol. The number of rotatable bonds is 15. The Morgan fingerprint density at radius 1 is 0.983 bits per heavy atom. The van der Waals surface area contributed by atoms with Crippen molar-refractivity contribution in [1.29, 1.82) is 0 Å². The van der Waals surface area contributed by atoms with E-state index in [9.17, 15) is 32.8 Å². The fourth-order valence-electron chi connectivity index (χ4n) is 7.35. The highest BCUT2D eigenvalue weighted by molar-refractivity contribution is 6.23. The number of anilines is 1. The number of halogens is 2. The van der Waals surface area contributed by atoms with Gasteiger partial charge in [0.15, 0.2) is 11.4 Å². The molecule has 2 N–H and O–H groups in total. The fourth-order valence-corrected chi connectivity index (χ4v) is 7.35. The van der Waals surface area contributed by atoms with E-state index < -0.39 is 47.7 Å². The normalized spacial score (nSPS) is 16.7. The number of hydrogen-bond acceptors (Lipinski definition) is 10. The molecular formula is C42H40F2N8O6. The number of benzene rings is 2. The van der Waals surface area contributed by atoms with Crippen molar-refractivity contribution < 1.29 is 37.2 Å². The van der Waals surface area contributed by atoms with Crippen molar-refractivity contribution in [2.45, 2.75) is 70.4 Å². The molecule has 2 aromatic carbocycles. The monoisotopic (exact) mass is 790 g/mol. The number of pyridine rings is 1. The number of aryl methyl sites for hydroxylation is 2. The van der Waals surface area contributed by atoms with E-state index >= 15 is 0 Å². The van der Waals surface area contributed by atoms with Crippen LogP contribution in [0.4, 0.5) is 14.5 Å². The third-order valence-electron chi connectivity index (χ3n) is 10.7. The van der Waals surface area contributed by atoms with Gasteiger partial charge in [-0.05, 0) is 99.1 Å². The minimum absolute atomic E-state index is 0.0590. The number of piperidine rings is 1. The number of imide groups is 2. The van der Waals surface area contributed by atoms with Gasteiger partial charge < -0.3 is 14.6 Å². The summed E-state index contributed by atoms with van der Waals surface area (Å²) in [7, 11) is 1.97. The van der Waals surface area contributed by atoms with Crippen LogP contribution in [0, 0.1) is 5.92 Å². The molecule has 5 amide bonds. The van der Waals surface area contributed by atoms with Gasteiger partial charge in [0.25, 0.3) is 24.1 Å². The second kappa shape index (κ2) is 16.2. The van der Waals surface area contributed by atoms with Crippen molar-refractivity contribution in [3.05, 3.63) is 113 Å². The van der Waals surface area contributed by atoms with Crippen LogP contribution < -0.4 is 10.6 Å². The highest BCUT2D eigenvalue weighted by atomic mass is 19.3. The molecule has 8 rings (SSSR count). The zero-order valence-corrected chi connectivity index (χ0v) is 31.6. The first kappa shape index (κ1) is 38.5. The Balaban J connectivity index is 0.845. The highest BCUT2D eigenvalue weighted by Gasteiger charge is 2.44. The van der Waals surface area contributed by atoms with E-state index in [-0.39, 0.29) is 41.2 Å². The predicted octanol–water partition coefficient (Wildman–Crippen LogP) is 5.92. The van der Waals surface area contributed by atoms with Crippen LogP contribution in [0.3, 0.4) is 0 Å². The van der Waals surface area contributed by atoms with Gasteiger partial charge in [0.2, 0.25) is 17.7 Å². The molecule has 298 valence electrons. The standard InChI is InChI=1S/C42H40F2N8O6/c1-50(18-2-3-25-9-13-30-31(19-25)42(57)52(41(30)56)34-14-15-35(53)48-39(34)55)21-26-7-11-29(12-8-26)51-22-32(36(49-51)37(43)44)46-38(54)33-23-58-40(47-33)27-16-17-45-28(20-27)10-6-24-4-5-24/h7-9,11-13,16-17,19-20,22-24,34,37H,2-6,10,14-15,18,21H2,1H3,(H,46,54)(H,48,53,55). The van der Waals surface area contributed by atoms with Crippen LogP contribution in [0.1, 0.15) is 98.7 Å². The van der Waals surface area contributed by atoms with E-state index in [0.717, 1.165) is 46.9 Å². The minimum Gasteiger partial charge on any atom is -0.444 e. The molecule has 0 bridgehead atoms. The van der Waals surface area contributed by atoms with Crippen molar-refractivity contribution in [2.24, 2.45) is 5.92 Å². The van der Waals surface area contributed by atoms with Crippen LogP contribution in [0.5, 0.6) is 0 Å². The number of amides is 5. The van der Waals surface area contributed by atoms with Gasteiger partial charge in [-0.2, -0.15) is 5.10 Å². The molecule has 5 heterocycles. The summed E-state index contributed by atoms with van der Waals surface area (Å²) in [4.78, 5) is 75.0. The van der Waals surface area contributed by atoms with Crippen LogP contribution in [0.25, 0.3) is 17.1 Å². The van der Waals surface area contributed by atoms with Gasteiger partial charge in [0.1, 0.15) is 12.3 Å². The Morgan fingerprint density at radius 3 is 2.52 bits per heavy atom. The van der Waals surface area contributed by atoms with E-state index in [4.69, 9.17) is 4.42 Å². The van der Waals surface area contributed by atoms with Crippen LogP contribution >= 0.6 is 0 Å². The van der Waals surface area contributed by atoms with Crippen LogP contribution in [0.2, 0.25) is 0 Å². The SMILES string of the molecule is CN(CCCc1ccc2c(c1)C(=O)N(C1CCC(=O)NC1=O)C2=O)Cc1ccc(-n2cc(NC(=O)c3coc(-c4ccnc(CCC5CC5)c4)n3)c(C(F)F)n2)cc1. The lowest BCUT2D eigenvalue weighted by Crippen LogP contribution is -2.54. The second-order valence-electron chi connectivity index (χ2n) is 15.0. The number of hydrogen-bond donors (Lipinski definition) is 2. The molecule has 1 saturated heterocycles. The maximum Gasteiger partial charge on any atom is 0.284 e. The molecule has 1 unspecified atom stereocenters. The number of nitrogens with zero attached hydrogens (tertiary/aromatic N) is 6. The molecule has 1 atom stereocenters. The molecule has 0 radical (unpaired) electrons. The summed E-state index contributed by atoms with van der Waals surface area (Å²) in [6.07, 6.45) is 7.25. The van der Waals surface area contributed by atoms with E-state index in [2.05, 4.69) is 30.6 Å². The van der Waals surface area contributed by atoms with Gasteiger partial charge in [0.05, 0.1) is 28.7 Å². The second-order valence-corrected chi connectivity index (χ2v) is 15.0. The molecule has 5 aromatic rings. The van der Waals surface area contributed by atoms with Gasteiger partial charge in [-0.1, -0.05) is 31.0 Å². The van der Waals surface area contributed by atoms with Gasteiger partial charge >= 0.3 is 0 Å². The molecule has 1 saturated carbocycles. The van der Waals surface area contributed by atoms with Crippen LogP contribution in [0.15, 0.2) is 77.7 Å². The summed E-state index contributed by atoms with van der Waals surface area (Å²) in [5.41, 5.74) is 3.67. The van der Waals surface area contributed by atoms with E-state index in [1.54, 1.807) is 36.5 Å². The molecular weight excluding hydrogens is 751 g/mol. The maximum atomic E-state index is 14.1. The third-order valence-corrected chi connectivity index (χ3v) is 10.7.